The third kappa shape index (κ3) is 4.84. The van der Waals surface area contributed by atoms with Gasteiger partial charge >= 0.3 is 156 Å². The maximum absolute atomic E-state index is 4.77. The molecular weight excluding hydrogens is 411 g/mol. The first-order valence-electron chi connectivity index (χ1n) is 7.66. The molecule has 22 heavy (non-hydrogen) atoms. The Kier molecular flexibility index (Phi) is 7.45. The average molecular weight is 433 g/mol. The number of unbranched alkanes of at least 4 members (excludes halogenated alkanes) is 1. The predicted octanol–water partition coefficient (Wildman–Crippen LogP) is 5.23. The Morgan fingerprint density at radius 1 is 1.00 bits per heavy atom. The molecule has 0 saturated carbocycles. The maximum atomic E-state index is 4.77. The third-order valence-corrected chi connectivity index (χ3v) is 8.52. The van der Waals surface area contributed by atoms with Crippen LogP contribution in [0.5, 0.6) is 0 Å². The molecule has 0 saturated heterocycles. The minimum atomic E-state index is -0.451. The summed E-state index contributed by atoms with van der Waals surface area (Å²) < 4.78 is 2.97. The van der Waals surface area contributed by atoms with E-state index in [4.69, 9.17) is 25.3 Å². The van der Waals surface area contributed by atoms with Crippen LogP contribution in [0, 0.1) is 6.92 Å². The molecule has 114 valence electrons. The van der Waals surface area contributed by atoms with E-state index >= 15 is 0 Å². The number of thiol groups is 2. The van der Waals surface area contributed by atoms with E-state index < -0.39 is 21.1 Å². The first kappa shape index (κ1) is 18.0. The van der Waals surface area contributed by atoms with E-state index in [9.17, 15) is 0 Å². The van der Waals surface area contributed by atoms with E-state index in [1.54, 1.807) is 3.58 Å². The van der Waals surface area contributed by atoms with Crippen LogP contribution in [0.3, 0.4) is 0 Å². The van der Waals surface area contributed by atoms with Crippen LogP contribution in [0.4, 0.5) is 0 Å². The second kappa shape index (κ2) is 9.09. The Morgan fingerprint density at radius 2 is 1.73 bits per heavy atom. The first-order valence-corrected chi connectivity index (χ1v) is 12.0. The Labute approximate surface area is 155 Å². The van der Waals surface area contributed by atoms with Gasteiger partial charge in [-0.2, -0.15) is 0 Å². The van der Waals surface area contributed by atoms with Gasteiger partial charge in [-0.3, -0.25) is 0 Å². The van der Waals surface area contributed by atoms with Crippen LogP contribution >= 0.6 is 25.3 Å². The van der Waals surface area contributed by atoms with Crippen molar-refractivity contribution >= 4 is 59.8 Å². The van der Waals surface area contributed by atoms with Crippen LogP contribution in [0.1, 0.15) is 36.5 Å². The van der Waals surface area contributed by atoms with Gasteiger partial charge in [0.25, 0.3) is 0 Å². The Hall–Kier alpha value is -0.321. The normalized spacial score (nSPS) is 12.2. The topological polar surface area (TPSA) is 0 Å². The Morgan fingerprint density at radius 3 is 2.41 bits per heavy atom. The van der Waals surface area contributed by atoms with E-state index in [-0.39, 0.29) is 0 Å². The molecule has 0 aliphatic heterocycles. The van der Waals surface area contributed by atoms with Gasteiger partial charge in [0, 0.05) is 0 Å². The number of aryl methyl sites for hydroxylation is 1. The van der Waals surface area contributed by atoms with Crippen molar-refractivity contribution in [3.05, 3.63) is 65.2 Å². The summed E-state index contributed by atoms with van der Waals surface area (Å²) in [6, 6.07) is 17.1. The SMILES string of the molecule is CCC[CH2][Sn][c]1ccc(C)c(C(S)=C(S)c2ccccc2)c1. The molecule has 0 N–H and O–H groups in total. The van der Waals surface area contributed by atoms with Gasteiger partial charge in [-0.05, 0) is 0 Å². The number of rotatable bonds is 6. The van der Waals surface area contributed by atoms with Crippen LogP contribution in [0.25, 0.3) is 9.81 Å². The van der Waals surface area contributed by atoms with E-state index in [0.717, 1.165) is 15.4 Å². The second-order valence-corrected chi connectivity index (χ2v) is 10.4. The summed E-state index contributed by atoms with van der Waals surface area (Å²) in [6.45, 7) is 4.42. The predicted molar refractivity (Wildman–Crippen MR) is 108 cm³/mol. The second-order valence-electron chi connectivity index (χ2n) is 5.37. The molecule has 0 nitrogen and oxygen atoms in total. The molecular formula is C19H22S2Sn. The van der Waals surface area contributed by atoms with Gasteiger partial charge in [-0.1, -0.05) is 0 Å². The fraction of sp³-hybridized carbons (Fsp3) is 0.263. The standard InChI is InChI=1S/C15H13S2.C4H9.Sn/c1-11-7-5-6-10-13(11)15(17)14(16)12-8-3-2-4-9-12;1-3-4-2;/h2-5,7-10,16-17H,1H3;1,3-4H2,2H3;. The van der Waals surface area contributed by atoms with Gasteiger partial charge in [-0.25, -0.2) is 0 Å². The van der Waals surface area contributed by atoms with Crippen molar-refractivity contribution in [3.8, 4) is 0 Å². The molecule has 0 aliphatic rings. The fourth-order valence-corrected chi connectivity index (χ4v) is 6.51. The summed E-state index contributed by atoms with van der Waals surface area (Å²) in [5.41, 5.74) is 3.62. The van der Waals surface area contributed by atoms with Crippen molar-refractivity contribution in [2.75, 3.05) is 0 Å². The Balaban J connectivity index is 2.32. The molecule has 2 aromatic rings. The van der Waals surface area contributed by atoms with Crippen molar-refractivity contribution in [1.29, 1.82) is 0 Å². The van der Waals surface area contributed by atoms with Gasteiger partial charge in [0.2, 0.25) is 0 Å². The zero-order valence-electron chi connectivity index (χ0n) is 13.1. The zero-order valence-corrected chi connectivity index (χ0v) is 17.8. The molecule has 0 unspecified atom stereocenters. The summed E-state index contributed by atoms with van der Waals surface area (Å²) in [7, 11) is 0. The number of hydrogen-bond donors (Lipinski definition) is 2. The summed E-state index contributed by atoms with van der Waals surface area (Å²) in [5.74, 6) is 0. The molecule has 2 aromatic carbocycles. The van der Waals surface area contributed by atoms with Crippen molar-refractivity contribution in [3.63, 3.8) is 0 Å². The molecule has 0 spiro atoms. The molecule has 0 fully saturated rings. The van der Waals surface area contributed by atoms with E-state index in [2.05, 4.69) is 44.2 Å². The number of benzene rings is 2. The van der Waals surface area contributed by atoms with E-state index in [1.165, 1.54) is 28.4 Å². The minimum absolute atomic E-state index is 0.451. The molecule has 2 radical (unpaired) electrons. The molecule has 3 heteroatoms. The van der Waals surface area contributed by atoms with Crippen molar-refractivity contribution in [1.82, 2.24) is 0 Å². The summed E-state index contributed by atoms with van der Waals surface area (Å²) in [4.78, 5) is 1.92. The van der Waals surface area contributed by atoms with Crippen LogP contribution in [0.2, 0.25) is 4.44 Å². The van der Waals surface area contributed by atoms with E-state index in [1.807, 2.05) is 18.2 Å². The molecule has 0 heterocycles. The van der Waals surface area contributed by atoms with Crippen molar-refractivity contribution < 1.29 is 0 Å². The van der Waals surface area contributed by atoms with Crippen molar-refractivity contribution in [2.45, 2.75) is 31.1 Å². The first-order chi connectivity index (χ1) is 10.6. The van der Waals surface area contributed by atoms with Gasteiger partial charge in [0.05, 0.1) is 0 Å². The van der Waals surface area contributed by atoms with E-state index in [0.29, 0.717) is 0 Å². The summed E-state index contributed by atoms with van der Waals surface area (Å²) in [5, 5.41) is 0. The Bertz CT molecular complexity index is 648. The zero-order chi connectivity index (χ0) is 15.9. The van der Waals surface area contributed by atoms with Gasteiger partial charge in [0.15, 0.2) is 0 Å². The summed E-state index contributed by atoms with van der Waals surface area (Å²) >= 11 is 9.03. The quantitative estimate of drug-likeness (QED) is 0.265. The molecule has 0 amide bonds. The molecule has 0 bridgehead atoms. The van der Waals surface area contributed by atoms with Gasteiger partial charge in [0.1, 0.15) is 0 Å². The monoisotopic (exact) mass is 434 g/mol. The third-order valence-electron chi connectivity index (χ3n) is 3.62. The molecule has 0 aromatic heterocycles. The molecule has 2 rings (SSSR count). The number of hydrogen-bond acceptors (Lipinski definition) is 2. The van der Waals surface area contributed by atoms with Crippen LogP contribution in [-0.2, 0) is 0 Å². The fourth-order valence-electron chi connectivity index (χ4n) is 2.26. The van der Waals surface area contributed by atoms with Crippen LogP contribution < -0.4 is 3.58 Å². The van der Waals surface area contributed by atoms with Crippen LogP contribution in [0.15, 0.2) is 48.5 Å². The van der Waals surface area contributed by atoms with Gasteiger partial charge in [-0.15, -0.1) is 0 Å². The van der Waals surface area contributed by atoms with Crippen molar-refractivity contribution in [2.24, 2.45) is 0 Å². The van der Waals surface area contributed by atoms with Crippen LogP contribution in [-0.4, -0.2) is 21.1 Å². The van der Waals surface area contributed by atoms with Gasteiger partial charge < -0.3 is 0 Å². The summed E-state index contributed by atoms with van der Waals surface area (Å²) in [6.07, 6.45) is 2.66. The molecule has 0 aliphatic carbocycles. The average Bonchev–Trinajstić information content (AvgIpc) is 2.56. The molecule has 0 atom stereocenters.